The monoisotopic (exact) mass is 621 g/mol. The van der Waals surface area contributed by atoms with Gasteiger partial charge < -0.3 is 15.0 Å². The molecule has 0 unspecified atom stereocenters. The number of nitrogens with zero attached hydrogens (tertiary/aromatic N) is 3. The summed E-state index contributed by atoms with van der Waals surface area (Å²) in [5.41, 5.74) is 3.96. The molecule has 0 saturated carbocycles. The van der Waals surface area contributed by atoms with Crippen molar-refractivity contribution < 1.29 is 18.3 Å². The number of aromatic amines is 1. The maximum Gasteiger partial charge on any atom is 0.261 e. The van der Waals surface area contributed by atoms with Gasteiger partial charge in [0, 0.05) is 34.9 Å². The van der Waals surface area contributed by atoms with Crippen LogP contribution in [0.15, 0.2) is 113 Å². The molecular weight excluding hydrogens is 586 g/mol. The van der Waals surface area contributed by atoms with Crippen LogP contribution in [0.2, 0.25) is 0 Å². The Labute approximate surface area is 262 Å². The Morgan fingerprint density at radius 2 is 1.58 bits per heavy atom. The van der Waals surface area contributed by atoms with E-state index in [1.165, 1.54) is 18.6 Å². The van der Waals surface area contributed by atoms with Crippen molar-refractivity contribution in [2.45, 2.75) is 24.2 Å². The maximum absolute atomic E-state index is 13.3. The smallest absolute Gasteiger partial charge is 0.261 e. The molecule has 0 radical (unpaired) electrons. The Morgan fingerprint density at radius 1 is 0.911 bits per heavy atom. The number of likely N-dealkylation sites (N-methyl/N-ethyl adjacent to an activating group) is 1. The number of anilines is 2. The lowest BCUT2D eigenvalue weighted by molar-refractivity contribution is -0.119. The van der Waals surface area contributed by atoms with E-state index in [-0.39, 0.29) is 16.7 Å². The predicted octanol–water partition coefficient (Wildman–Crippen LogP) is 6.29. The Hall–Kier alpha value is -4.93. The van der Waals surface area contributed by atoms with Gasteiger partial charge in [0.15, 0.2) is 5.88 Å². The minimum Gasteiger partial charge on any atom is -0.494 e. The molecule has 1 aliphatic heterocycles. The van der Waals surface area contributed by atoms with E-state index in [0.29, 0.717) is 40.1 Å². The number of amides is 1. The molecule has 3 N–H and O–H groups in total. The van der Waals surface area contributed by atoms with Crippen LogP contribution in [0, 0.1) is 0 Å². The minimum absolute atomic E-state index is 0.0364. The first-order chi connectivity index (χ1) is 21.8. The van der Waals surface area contributed by atoms with Gasteiger partial charge in [-0.1, -0.05) is 55.0 Å². The lowest BCUT2D eigenvalue weighted by Gasteiger charge is -2.28. The van der Waals surface area contributed by atoms with Gasteiger partial charge >= 0.3 is 0 Å². The minimum atomic E-state index is -3.91. The standard InChI is InChI=1S/C35H35N5O4S/c1-39(32(41)24-40-21-9-4-10-22-40)28-17-15-26(16-18-28)36-34(25-11-5-2-6-12-25)33-30-23-29(19-20-31(30)37-35(33)42)45(43,44)38-27-13-7-3-8-14-27/h2-3,5-8,11-20,23,37-38,42H,4,9-10,21-22,24H2,1H3. The highest BCUT2D eigenvalue weighted by Crippen LogP contribution is 2.33. The molecule has 230 valence electrons. The molecule has 1 aliphatic rings. The van der Waals surface area contributed by atoms with Crippen molar-refractivity contribution in [3.8, 4) is 5.88 Å². The lowest BCUT2D eigenvalue weighted by atomic mass is 10.0. The molecule has 1 saturated heterocycles. The summed E-state index contributed by atoms with van der Waals surface area (Å²) in [6, 6.07) is 30.1. The number of H-pyrrole nitrogens is 1. The molecule has 10 heteroatoms. The number of nitrogens with one attached hydrogen (secondary N) is 2. The van der Waals surface area contributed by atoms with Crippen LogP contribution in [0.4, 0.5) is 17.1 Å². The molecule has 1 fully saturated rings. The van der Waals surface area contributed by atoms with Crippen molar-refractivity contribution in [1.82, 2.24) is 9.88 Å². The highest BCUT2D eigenvalue weighted by Gasteiger charge is 2.23. The summed E-state index contributed by atoms with van der Waals surface area (Å²) in [5, 5.41) is 11.6. The molecule has 0 bridgehead atoms. The van der Waals surface area contributed by atoms with Gasteiger partial charge in [-0.15, -0.1) is 0 Å². The van der Waals surface area contributed by atoms with Gasteiger partial charge in [0.25, 0.3) is 10.0 Å². The average molecular weight is 622 g/mol. The van der Waals surface area contributed by atoms with E-state index in [1.807, 2.05) is 60.7 Å². The second-order valence-electron chi connectivity index (χ2n) is 11.2. The number of sulfonamides is 1. The van der Waals surface area contributed by atoms with Gasteiger partial charge in [-0.05, 0) is 80.5 Å². The quantitative estimate of drug-likeness (QED) is 0.167. The summed E-state index contributed by atoms with van der Waals surface area (Å²) in [6.45, 7) is 2.30. The SMILES string of the molecule is CN(C(=O)CN1CCCCC1)c1ccc(N=C(c2ccccc2)c2c(O)[nH]c3ccc(S(=O)(=O)Nc4ccccc4)cc23)cc1. The second kappa shape index (κ2) is 13.0. The summed E-state index contributed by atoms with van der Waals surface area (Å²) >= 11 is 0. The second-order valence-corrected chi connectivity index (χ2v) is 12.8. The molecule has 2 heterocycles. The van der Waals surface area contributed by atoms with E-state index in [1.54, 1.807) is 42.3 Å². The zero-order valence-corrected chi connectivity index (χ0v) is 25.8. The number of benzene rings is 4. The number of para-hydroxylation sites is 1. The third-order valence-electron chi connectivity index (χ3n) is 8.03. The van der Waals surface area contributed by atoms with E-state index in [4.69, 9.17) is 4.99 Å². The molecule has 1 amide bonds. The number of hydrogen-bond acceptors (Lipinski definition) is 6. The van der Waals surface area contributed by atoms with Gasteiger partial charge in [0.2, 0.25) is 5.91 Å². The van der Waals surface area contributed by atoms with E-state index < -0.39 is 10.0 Å². The van der Waals surface area contributed by atoms with Crippen molar-refractivity contribution in [3.63, 3.8) is 0 Å². The van der Waals surface area contributed by atoms with E-state index in [2.05, 4.69) is 14.6 Å². The Balaban J connectivity index is 1.35. The number of carbonyl (C=O) groups is 1. The fraction of sp³-hybridized carbons (Fsp3) is 0.200. The largest absolute Gasteiger partial charge is 0.494 e. The molecule has 6 rings (SSSR count). The number of carbonyl (C=O) groups excluding carboxylic acids is 1. The van der Waals surface area contributed by atoms with Crippen LogP contribution in [0.3, 0.4) is 0 Å². The zero-order valence-electron chi connectivity index (χ0n) is 25.0. The van der Waals surface area contributed by atoms with Crippen LogP contribution in [0.1, 0.15) is 30.4 Å². The molecule has 0 atom stereocenters. The number of rotatable bonds is 9. The summed E-state index contributed by atoms with van der Waals surface area (Å²) in [4.78, 5) is 24.8. The molecular formula is C35H35N5O4S. The van der Waals surface area contributed by atoms with Gasteiger partial charge in [0.05, 0.1) is 28.4 Å². The molecule has 4 aromatic carbocycles. The van der Waals surface area contributed by atoms with Crippen LogP contribution in [-0.4, -0.2) is 61.7 Å². The summed E-state index contributed by atoms with van der Waals surface area (Å²) < 4.78 is 29.2. The van der Waals surface area contributed by atoms with Crippen molar-refractivity contribution >= 4 is 49.6 Å². The Kier molecular flexibility index (Phi) is 8.68. The van der Waals surface area contributed by atoms with Crippen LogP contribution in [-0.2, 0) is 14.8 Å². The number of aromatic nitrogens is 1. The fourth-order valence-corrected chi connectivity index (χ4v) is 6.67. The molecule has 0 aliphatic carbocycles. The van der Waals surface area contributed by atoms with Crippen molar-refractivity contribution in [2.24, 2.45) is 4.99 Å². The normalized spacial score (nSPS) is 14.4. The summed E-state index contributed by atoms with van der Waals surface area (Å²) in [5.74, 6) is -0.0906. The maximum atomic E-state index is 13.3. The van der Waals surface area contributed by atoms with Crippen LogP contribution in [0.5, 0.6) is 5.88 Å². The zero-order chi connectivity index (χ0) is 31.4. The van der Waals surface area contributed by atoms with Crippen molar-refractivity contribution in [3.05, 3.63) is 114 Å². The summed E-state index contributed by atoms with van der Waals surface area (Å²) in [6.07, 6.45) is 3.47. The van der Waals surface area contributed by atoms with Gasteiger partial charge in [-0.3, -0.25) is 14.4 Å². The first kappa shape index (κ1) is 30.1. The first-order valence-electron chi connectivity index (χ1n) is 14.9. The number of fused-ring (bicyclic) bond motifs is 1. The van der Waals surface area contributed by atoms with Crippen molar-refractivity contribution in [2.75, 3.05) is 36.3 Å². The Bertz CT molecular complexity index is 1930. The Morgan fingerprint density at radius 3 is 2.27 bits per heavy atom. The predicted molar refractivity (Wildman–Crippen MR) is 179 cm³/mol. The van der Waals surface area contributed by atoms with E-state index in [9.17, 15) is 18.3 Å². The molecule has 0 spiro atoms. The summed E-state index contributed by atoms with van der Waals surface area (Å²) in [7, 11) is -2.13. The third kappa shape index (κ3) is 6.77. The van der Waals surface area contributed by atoms with Crippen LogP contribution in [0.25, 0.3) is 10.9 Å². The highest BCUT2D eigenvalue weighted by molar-refractivity contribution is 7.92. The van der Waals surface area contributed by atoms with Gasteiger partial charge in [-0.25, -0.2) is 13.4 Å². The van der Waals surface area contributed by atoms with Gasteiger partial charge in [0.1, 0.15) is 0 Å². The topological polar surface area (TPSA) is 118 Å². The number of likely N-dealkylation sites (tertiary alicyclic amines) is 1. The van der Waals surface area contributed by atoms with Crippen LogP contribution < -0.4 is 9.62 Å². The number of aromatic hydroxyl groups is 1. The number of piperidine rings is 1. The number of aliphatic imine (C=N–C) groups is 1. The highest BCUT2D eigenvalue weighted by atomic mass is 32.2. The average Bonchev–Trinajstić information content (AvgIpc) is 3.39. The van der Waals surface area contributed by atoms with Crippen LogP contribution >= 0.6 is 0 Å². The molecule has 5 aromatic rings. The van der Waals surface area contributed by atoms with Crippen molar-refractivity contribution in [1.29, 1.82) is 0 Å². The number of hydrogen-bond donors (Lipinski definition) is 3. The van der Waals surface area contributed by atoms with E-state index in [0.717, 1.165) is 37.2 Å². The molecule has 9 nitrogen and oxygen atoms in total. The third-order valence-corrected chi connectivity index (χ3v) is 9.41. The van der Waals surface area contributed by atoms with E-state index >= 15 is 0 Å². The lowest BCUT2D eigenvalue weighted by Crippen LogP contribution is -2.40. The fourth-order valence-electron chi connectivity index (χ4n) is 5.58. The first-order valence-corrected chi connectivity index (χ1v) is 16.4. The van der Waals surface area contributed by atoms with Gasteiger partial charge in [-0.2, -0.15) is 0 Å². The molecule has 45 heavy (non-hydrogen) atoms. The molecule has 1 aromatic heterocycles.